The number of hydrogen-bond donors (Lipinski definition) is 1. The number of aromatic amines is 1. The first-order valence-electron chi connectivity index (χ1n) is 4.95. The van der Waals surface area contributed by atoms with E-state index >= 15 is 0 Å². The summed E-state index contributed by atoms with van der Waals surface area (Å²) in [6.45, 7) is 3.61. The lowest BCUT2D eigenvalue weighted by Gasteiger charge is -2.11. The van der Waals surface area contributed by atoms with Crippen LogP contribution in [-0.4, -0.2) is 16.4 Å². The Balaban J connectivity index is 2.59. The molecule has 0 saturated carbocycles. The number of halogens is 4. The van der Waals surface area contributed by atoms with Crippen molar-refractivity contribution >= 4 is 11.0 Å². The summed E-state index contributed by atoms with van der Waals surface area (Å²) >= 11 is 0. The molecule has 0 bridgehead atoms. The molecule has 0 aliphatic heterocycles. The number of fused-ring (bicyclic) bond motifs is 1. The van der Waals surface area contributed by atoms with E-state index in [9.17, 15) is 17.6 Å². The number of H-pyrrole nitrogens is 1. The van der Waals surface area contributed by atoms with E-state index in [1.807, 2.05) is 0 Å². The Morgan fingerprint density at radius 2 is 1.76 bits per heavy atom. The molecular formula is C11H10F4N2. The van der Waals surface area contributed by atoms with Crippen LogP contribution in [0.15, 0.2) is 12.1 Å². The Morgan fingerprint density at radius 1 is 1.18 bits per heavy atom. The molecule has 92 valence electrons. The van der Waals surface area contributed by atoms with Crippen molar-refractivity contribution in [2.45, 2.75) is 26.2 Å². The molecule has 0 aliphatic carbocycles. The molecule has 6 heteroatoms. The van der Waals surface area contributed by atoms with Crippen LogP contribution in [-0.2, 0) is 5.92 Å². The SMILES string of the molecule is Cc1cc2nc(C(F)(F)C(F)F)[nH]c2cc1C. The number of aryl methyl sites for hydroxylation is 2. The second-order valence-electron chi connectivity index (χ2n) is 3.96. The van der Waals surface area contributed by atoms with Crippen LogP contribution >= 0.6 is 0 Å². The summed E-state index contributed by atoms with van der Waals surface area (Å²) in [5, 5.41) is 0. The van der Waals surface area contributed by atoms with E-state index in [1.165, 1.54) is 0 Å². The molecule has 2 rings (SSSR count). The van der Waals surface area contributed by atoms with E-state index in [1.54, 1.807) is 26.0 Å². The fourth-order valence-corrected chi connectivity index (χ4v) is 1.53. The minimum atomic E-state index is -4.25. The van der Waals surface area contributed by atoms with Crippen molar-refractivity contribution in [2.24, 2.45) is 0 Å². The Morgan fingerprint density at radius 3 is 2.35 bits per heavy atom. The predicted molar refractivity (Wildman–Crippen MR) is 55.5 cm³/mol. The lowest BCUT2D eigenvalue weighted by atomic mass is 10.1. The Kier molecular flexibility index (Phi) is 2.60. The molecule has 0 spiro atoms. The van der Waals surface area contributed by atoms with E-state index < -0.39 is 18.2 Å². The standard InChI is InChI=1S/C11H10F4N2/c1-5-3-7-8(4-6(5)2)17-10(16-7)11(14,15)9(12)13/h3-4,9H,1-2H3,(H,16,17). The maximum absolute atomic E-state index is 13.1. The number of imidazole rings is 1. The minimum Gasteiger partial charge on any atom is -0.337 e. The maximum atomic E-state index is 13.1. The van der Waals surface area contributed by atoms with E-state index in [-0.39, 0.29) is 5.52 Å². The van der Waals surface area contributed by atoms with Gasteiger partial charge in [0.15, 0.2) is 5.82 Å². The van der Waals surface area contributed by atoms with Crippen molar-refractivity contribution < 1.29 is 17.6 Å². The maximum Gasteiger partial charge on any atom is 0.363 e. The largest absolute Gasteiger partial charge is 0.363 e. The molecule has 0 fully saturated rings. The third kappa shape index (κ3) is 1.87. The second kappa shape index (κ2) is 3.72. The third-order valence-corrected chi connectivity index (χ3v) is 2.69. The van der Waals surface area contributed by atoms with Crippen LogP contribution in [0.4, 0.5) is 17.6 Å². The van der Waals surface area contributed by atoms with Crippen molar-refractivity contribution in [3.63, 3.8) is 0 Å². The summed E-state index contributed by atoms with van der Waals surface area (Å²) in [4.78, 5) is 5.77. The van der Waals surface area contributed by atoms with Crippen molar-refractivity contribution in [3.8, 4) is 0 Å². The Bertz CT molecular complexity index is 521. The number of nitrogens with one attached hydrogen (secondary N) is 1. The highest BCUT2D eigenvalue weighted by atomic mass is 19.3. The van der Waals surface area contributed by atoms with Crippen LogP contribution in [0.25, 0.3) is 11.0 Å². The molecule has 0 radical (unpaired) electrons. The van der Waals surface area contributed by atoms with Crippen LogP contribution in [0.5, 0.6) is 0 Å². The molecule has 2 nitrogen and oxygen atoms in total. The van der Waals surface area contributed by atoms with Gasteiger partial charge in [-0.05, 0) is 37.1 Å². The van der Waals surface area contributed by atoms with Gasteiger partial charge in [-0.3, -0.25) is 0 Å². The summed E-state index contributed by atoms with van der Waals surface area (Å²) in [6.07, 6.45) is -3.77. The van der Waals surface area contributed by atoms with Gasteiger partial charge in [0, 0.05) is 0 Å². The lowest BCUT2D eigenvalue weighted by Crippen LogP contribution is -2.25. The lowest BCUT2D eigenvalue weighted by molar-refractivity contribution is -0.140. The molecule has 1 heterocycles. The van der Waals surface area contributed by atoms with Gasteiger partial charge in [0.25, 0.3) is 0 Å². The number of rotatable bonds is 2. The van der Waals surface area contributed by atoms with Gasteiger partial charge in [-0.25, -0.2) is 13.8 Å². The minimum absolute atomic E-state index is 0.267. The molecular weight excluding hydrogens is 236 g/mol. The Labute approximate surface area is 94.7 Å². The molecule has 0 atom stereocenters. The fraction of sp³-hybridized carbons (Fsp3) is 0.364. The summed E-state index contributed by atoms with van der Waals surface area (Å²) in [6, 6.07) is 3.20. The summed E-state index contributed by atoms with van der Waals surface area (Å²) in [5.74, 6) is -5.24. The molecule has 0 unspecified atom stereocenters. The van der Waals surface area contributed by atoms with Gasteiger partial charge in [0.05, 0.1) is 11.0 Å². The van der Waals surface area contributed by atoms with E-state index in [0.29, 0.717) is 5.52 Å². The Hall–Kier alpha value is -1.59. The first-order valence-corrected chi connectivity index (χ1v) is 4.95. The quantitative estimate of drug-likeness (QED) is 0.807. The zero-order valence-electron chi connectivity index (χ0n) is 9.19. The predicted octanol–water partition coefficient (Wildman–Crippen LogP) is 3.54. The van der Waals surface area contributed by atoms with Crippen LogP contribution in [0, 0.1) is 13.8 Å². The summed E-state index contributed by atoms with van der Waals surface area (Å²) < 4.78 is 50.5. The topological polar surface area (TPSA) is 28.7 Å². The summed E-state index contributed by atoms with van der Waals surface area (Å²) in [7, 11) is 0. The smallest absolute Gasteiger partial charge is 0.337 e. The van der Waals surface area contributed by atoms with Gasteiger partial charge >= 0.3 is 12.3 Å². The van der Waals surface area contributed by atoms with Gasteiger partial charge in [0.1, 0.15) is 0 Å². The number of nitrogens with zero attached hydrogens (tertiary/aromatic N) is 1. The van der Waals surface area contributed by atoms with E-state index in [0.717, 1.165) is 11.1 Å². The second-order valence-corrected chi connectivity index (χ2v) is 3.96. The number of aromatic nitrogens is 2. The molecule has 17 heavy (non-hydrogen) atoms. The number of alkyl halides is 4. The normalized spacial score (nSPS) is 12.6. The zero-order chi connectivity index (χ0) is 12.8. The molecule has 1 aromatic carbocycles. The highest BCUT2D eigenvalue weighted by molar-refractivity contribution is 5.77. The zero-order valence-corrected chi connectivity index (χ0v) is 9.19. The average molecular weight is 246 g/mol. The first-order chi connectivity index (χ1) is 7.82. The number of hydrogen-bond acceptors (Lipinski definition) is 1. The van der Waals surface area contributed by atoms with Gasteiger partial charge in [-0.1, -0.05) is 0 Å². The van der Waals surface area contributed by atoms with Crippen LogP contribution in [0.2, 0.25) is 0 Å². The average Bonchev–Trinajstić information content (AvgIpc) is 2.62. The van der Waals surface area contributed by atoms with Crippen LogP contribution in [0.3, 0.4) is 0 Å². The fourth-order valence-electron chi connectivity index (χ4n) is 1.53. The third-order valence-electron chi connectivity index (χ3n) is 2.69. The van der Waals surface area contributed by atoms with Gasteiger partial charge in [-0.15, -0.1) is 0 Å². The number of benzene rings is 1. The van der Waals surface area contributed by atoms with Crippen molar-refractivity contribution in [1.82, 2.24) is 9.97 Å². The molecule has 1 aromatic heterocycles. The molecule has 1 N–H and O–H groups in total. The first kappa shape index (κ1) is 11.9. The molecule has 0 aliphatic rings. The summed E-state index contributed by atoms with van der Waals surface area (Å²) in [5.41, 5.74) is 2.36. The van der Waals surface area contributed by atoms with Crippen molar-refractivity contribution in [1.29, 1.82) is 0 Å². The molecule has 0 amide bonds. The van der Waals surface area contributed by atoms with Gasteiger partial charge in [-0.2, -0.15) is 8.78 Å². The van der Waals surface area contributed by atoms with Gasteiger partial charge in [0.2, 0.25) is 0 Å². The van der Waals surface area contributed by atoms with Gasteiger partial charge < -0.3 is 4.98 Å². The molecule has 0 saturated heterocycles. The van der Waals surface area contributed by atoms with Crippen molar-refractivity contribution in [3.05, 3.63) is 29.1 Å². The highest BCUT2D eigenvalue weighted by Crippen LogP contribution is 2.33. The monoisotopic (exact) mass is 246 g/mol. The molecule has 2 aromatic rings. The van der Waals surface area contributed by atoms with E-state index in [4.69, 9.17) is 0 Å². The van der Waals surface area contributed by atoms with Crippen LogP contribution in [0.1, 0.15) is 17.0 Å². The van der Waals surface area contributed by atoms with Crippen LogP contribution < -0.4 is 0 Å². The van der Waals surface area contributed by atoms with E-state index in [2.05, 4.69) is 9.97 Å². The highest BCUT2D eigenvalue weighted by Gasteiger charge is 2.45. The van der Waals surface area contributed by atoms with Crippen molar-refractivity contribution in [2.75, 3.05) is 0 Å².